The van der Waals surface area contributed by atoms with Gasteiger partial charge in [-0.2, -0.15) is 5.10 Å². The summed E-state index contributed by atoms with van der Waals surface area (Å²) in [5, 5.41) is 4.67. The molecule has 3 rings (SSSR count). The number of anilines is 1. The molecule has 0 saturated heterocycles. The van der Waals surface area contributed by atoms with Crippen LogP contribution in [0.2, 0.25) is 5.02 Å². The van der Waals surface area contributed by atoms with Crippen LogP contribution in [-0.4, -0.2) is 45.0 Å². The van der Waals surface area contributed by atoms with Gasteiger partial charge in [-0.05, 0) is 62.7 Å². The summed E-state index contributed by atoms with van der Waals surface area (Å²) in [5.74, 6) is -0.241. The highest BCUT2D eigenvalue weighted by atomic mass is 35.5. The van der Waals surface area contributed by atoms with E-state index in [1.165, 1.54) is 13.3 Å². The van der Waals surface area contributed by atoms with Crippen molar-refractivity contribution >= 4 is 39.4 Å². The Labute approximate surface area is 204 Å². The fourth-order valence-corrected chi connectivity index (χ4v) is 4.68. The van der Waals surface area contributed by atoms with Crippen molar-refractivity contribution in [1.82, 2.24) is 9.99 Å². The van der Waals surface area contributed by atoms with Crippen LogP contribution in [0.1, 0.15) is 22.5 Å². The van der Waals surface area contributed by atoms with Crippen molar-refractivity contribution in [3.63, 3.8) is 0 Å². The van der Waals surface area contributed by atoms with Crippen LogP contribution in [0.3, 0.4) is 0 Å². The van der Waals surface area contributed by atoms with Gasteiger partial charge in [-0.1, -0.05) is 23.7 Å². The molecule has 34 heavy (non-hydrogen) atoms. The number of hydrazone groups is 1. The van der Waals surface area contributed by atoms with Crippen molar-refractivity contribution in [3.05, 3.63) is 76.1 Å². The predicted molar refractivity (Wildman–Crippen MR) is 136 cm³/mol. The van der Waals surface area contributed by atoms with E-state index in [0.717, 1.165) is 38.8 Å². The number of nitrogens with zero attached hydrogens (tertiary/aromatic N) is 3. The molecule has 0 aliphatic rings. The fourth-order valence-electron chi connectivity index (χ4n) is 3.65. The number of sulfonamides is 1. The summed E-state index contributed by atoms with van der Waals surface area (Å²) in [5.41, 5.74) is 7.14. The van der Waals surface area contributed by atoms with E-state index in [-0.39, 0.29) is 5.69 Å². The Hall–Kier alpha value is -3.30. The number of benzene rings is 2. The minimum atomic E-state index is -3.76. The van der Waals surface area contributed by atoms with Crippen LogP contribution in [0.5, 0.6) is 5.75 Å². The summed E-state index contributed by atoms with van der Waals surface area (Å²) in [7, 11) is -2.31. The van der Waals surface area contributed by atoms with Crippen LogP contribution < -0.4 is 14.5 Å². The lowest BCUT2D eigenvalue weighted by Gasteiger charge is -2.23. The molecule has 0 spiro atoms. The second kappa shape index (κ2) is 10.3. The maximum absolute atomic E-state index is 12.6. The largest absolute Gasteiger partial charge is 0.495 e. The molecular formula is C24H27ClN4O4S. The van der Waals surface area contributed by atoms with Gasteiger partial charge in [0.1, 0.15) is 12.3 Å². The van der Waals surface area contributed by atoms with Gasteiger partial charge in [-0.25, -0.2) is 13.8 Å². The van der Waals surface area contributed by atoms with Crippen molar-refractivity contribution in [2.24, 2.45) is 5.10 Å². The van der Waals surface area contributed by atoms with Crippen LogP contribution in [0.15, 0.2) is 53.6 Å². The Kier molecular flexibility index (Phi) is 7.68. The predicted octanol–water partition coefficient (Wildman–Crippen LogP) is 3.98. The van der Waals surface area contributed by atoms with Gasteiger partial charge in [0.15, 0.2) is 0 Å². The molecule has 0 fully saturated rings. The number of rotatable bonds is 8. The highest BCUT2D eigenvalue weighted by molar-refractivity contribution is 7.92. The maximum Gasteiger partial charge on any atom is 0.260 e. The lowest BCUT2D eigenvalue weighted by Crippen LogP contribution is -2.39. The Bertz CT molecular complexity index is 1350. The molecule has 0 unspecified atom stereocenters. The molecule has 0 bridgehead atoms. The number of nitrogens with one attached hydrogen (secondary N) is 1. The Balaban J connectivity index is 1.78. The van der Waals surface area contributed by atoms with Gasteiger partial charge in [-0.3, -0.25) is 9.10 Å². The first-order valence-electron chi connectivity index (χ1n) is 10.4. The molecule has 1 aromatic heterocycles. The van der Waals surface area contributed by atoms with Crippen molar-refractivity contribution in [1.29, 1.82) is 0 Å². The molecule has 3 aromatic rings. The topological polar surface area (TPSA) is 93.0 Å². The van der Waals surface area contributed by atoms with Crippen molar-refractivity contribution < 1.29 is 17.9 Å². The number of hydrogen-bond acceptors (Lipinski definition) is 5. The van der Waals surface area contributed by atoms with Gasteiger partial charge >= 0.3 is 0 Å². The summed E-state index contributed by atoms with van der Waals surface area (Å²) in [6, 6.07) is 14.6. The molecular weight excluding hydrogens is 476 g/mol. The van der Waals surface area contributed by atoms with E-state index in [1.54, 1.807) is 18.2 Å². The lowest BCUT2D eigenvalue weighted by atomic mass is 10.2. The number of methoxy groups -OCH3 is 1. The van der Waals surface area contributed by atoms with Crippen LogP contribution in [-0.2, 0) is 14.8 Å². The zero-order valence-corrected chi connectivity index (χ0v) is 21.2. The monoisotopic (exact) mass is 502 g/mol. The zero-order valence-electron chi connectivity index (χ0n) is 19.7. The van der Waals surface area contributed by atoms with E-state index in [1.807, 2.05) is 55.7 Å². The number of aromatic nitrogens is 1. The van der Waals surface area contributed by atoms with Gasteiger partial charge < -0.3 is 9.30 Å². The van der Waals surface area contributed by atoms with E-state index in [0.29, 0.717) is 10.8 Å². The summed E-state index contributed by atoms with van der Waals surface area (Å²) in [6.45, 7) is 5.28. The van der Waals surface area contributed by atoms with Crippen LogP contribution >= 0.6 is 11.6 Å². The Morgan fingerprint density at radius 3 is 2.56 bits per heavy atom. The summed E-state index contributed by atoms with van der Waals surface area (Å²) in [4.78, 5) is 12.6. The van der Waals surface area contributed by atoms with Crippen LogP contribution in [0.4, 0.5) is 5.69 Å². The standard InChI is InChI=1S/C24H27ClN4O4S/c1-16-9-10-23(33-4)22(11-16)28(34(5,31)32)15-24(30)27-26-14-19-12-17(2)29(18(19)3)21-8-6-7-20(25)13-21/h6-14H,15H2,1-5H3,(H,27,30)/b26-14-. The van der Waals surface area contributed by atoms with E-state index in [2.05, 4.69) is 10.5 Å². The molecule has 1 amide bonds. The third-order valence-corrected chi connectivity index (χ3v) is 6.58. The second-order valence-electron chi connectivity index (χ2n) is 7.88. The Morgan fingerprint density at radius 2 is 1.91 bits per heavy atom. The van der Waals surface area contributed by atoms with Crippen molar-refractivity contribution in [2.45, 2.75) is 20.8 Å². The van der Waals surface area contributed by atoms with Crippen molar-refractivity contribution in [3.8, 4) is 11.4 Å². The molecule has 0 aliphatic carbocycles. The Morgan fingerprint density at radius 1 is 1.18 bits per heavy atom. The van der Waals surface area contributed by atoms with Gasteiger partial charge in [0.2, 0.25) is 10.0 Å². The molecule has 1 heterocycles. The third-order valence-electron chi connectivity index (χ3n) is 5.22. The molecule has 2 aromatic carbocycles. The molecule has 0 radical (unpaired) electrons. The fraction of sp³-hybridized carbons (Fsp3) is 0.250. The zero-order chi connectivity index (χ0) is 25.0. The maximum atomic E-state index is 12.6. The molecule has 1 N–H and O–H groups in total. The third kappa shape index (κ3) is 5.78. The highest BCUT2D eigenvalue weighted by Crippen LogP contribution is 2.30. The first kappa shape index (κ1) is 25.3. The number of halogens is 1. The summed E-state index contributed by atoms with van der Waals surface area (Å²) in [6.07, 6.45) is 2.56. The second-order valence-corrected chi connectivity index (χ2v) is 10.2. The normalized spacial score (nSPS) is 11.6. The van der Waals surface area contributed by atoms with E-state index >= 15 is 0 Å². The average Bonchev–Trinajstić information content (AvgIpc) is 3.04. The van der Waals surface area contributed by atoms with Crippen molar-refractivity contribution in [2.75, 3.05) is 24.2 Å². The van der Waals surface area contributed by atoms with Gasteiger partial charge in [-0.15, -0.1) is 0 Å². The molecule has 0 atom stereocenters. The highest BCUT2D eigenvalue weighted by Gasteiger charge is 2.24. The molecule has 0 saturated carbocycles. The smallest absolute Gasteiger partial charge is 0.260 e. The van der Waals surface area contributed by atoms with Crippen LogP contribution in [0, 0.1) is 20.8 Å². The minimum Gasteiger partial charge on any atom is -0.495 e. The van der Waals surface area contributed by atoms with E-state index in [4.69, 9.17) is 16.3 Å². The van der Waals surface area contributed by atoms with Gasteiger partial charge in [0.25, 0.3) is 5.91 Å². The first-order chi connectivity index (χ1) is 16.0. The quantitative estimate of drug-likeness (QED) is 0.372. The summed E-state index contributed by atoms with van der Waals surface area (Å²) < 4.78 is 33.2. The number of aryl methyl sites for hydroxylation is 2. The van der Waals surface area contributed by atoms with Gasteiger partial charge in [0, 0.05) is 27.7 Å². The minimum absolute atomic E-state index is 0.286. The lowest BCUT2D eigenvalue weighted by molar-refractivity contribution is -0.119. The number of ether oxygens (including phenoxy) is 1. The molecule has 0 aliphatic heterocycles. The number of hydrogen-bond donors (Lipinski definition) is 1. The SMILES string of the molecule is COc1ccc(C)cc1N(CC(=O)N/N=C\c1cc(C)n(-c2cccc(Cl)c2)c1C)S(C)(=O)=O. The van der Waals surface area contributed by atoms with Gasteiger partial charge in [0.05, 0.1) is 25.3 Å². The number of carbonyl (C=O) groups excluding carboxylic acids is 1. The first-order valence-corrected chi connectivity index (χ1v) is 12.6. The van der Waals surface area contributed by atoms with Crippen LogP contribution in [0.25, 0.3) is 5.69 Å². The van der Waals surface area contributed by atoms with E-state index in [9.17, 15) is 13.2 Å². The van der Waals surface area contributed by atoms with E-state index < -0.39 is 22.5 Å². The molecule has 180 valence electrons. The molecule has 10 heteroatoms. The number of carbonyl (C=O) groups is 1. The summed E-state index contributed by atoms with van der Waals surface area (Å²) >= 11 is 6.13. The number of amides is 1. The average molecular weight is 503 g/mol. The molecule has 8 nitrogen and oxygen atoms in total.